The van der Waals surface area contributed by atoms with Crippen LogP contribution in [-0.2, 0) is 11.3 Å². The summed E-state index contributed by atoms with van der Waals surface area (Å²) in [6.07, 6.45) is 1.46. The van der Waals surface area contributed by atoms with Gasteiger partial charge in [-0.05, 0) is 27.0 Å². The predicted octanol–water partition coefficient (Wildman–Crippen LogP) is 1.27. The lowest BCUT2D eigenvalue weighted by Crippen LogP contribution is -2.43. The van der Waals surface area contributed by atoms with E-state index >= 15 is 0 Å². The van der Waals surface area contributed by atoms with Gasteiger partial charge in [0.1, 0.15) is 0 Å². The Hall–Kier alpha value is -1.33. The third kappa shape index (κ3) is 3.08. The van der Waals surface area contributed by atoms with Crippen molar-refractivity contribution in [2.45, 2.75) is 25.9 Å². The molecule has 0 aliphatic rings. The molecule has 0 aliphatic carbocycles. The van der Waals surface area contributed by atoms with Crippen molar-refractivity contribution in [2.75, 3.05) is 20.8 Å². The minimum Gasteiger partial charge on any atom is -0.463 e. The monoisotopic (exact) mass is 241 g/mol. The molecule has 0 radical (unpaired) electrons. The fraction of sp³-hybridized carbons (Fsp3) is 0.583. The van der Waals surface area contributed by atoms with E-state index in [1.54, 1.807) is 6.07 Å². The minimum absolute atomic E-state index is 0.0366. The molecule has 0 saturated carbocycles. The van der Waals surface area contributed by atoms with Crippen LogP contribution in [-0.4, -0.2) is 42.3 Å². The van der Waals surface area contributed by atoms with E-state index in [1.165, 1.54) is 13.4 Å². The van der Waals surface area contributed by atoms with Gasteiger partial charge in [-0.1, -0.05) is 0 Å². The second kappa shape index (κ2) is 5.33. The number of likely N-dealkylation sites (N-methyl/N-ethyl adjacent to an activating group) is 1. The molecule has 0 amide bonds. The van der Waals surface area contributed by atoms with E-state index in [-0.39, 0.29) is 17.9 Å². The Morgan fingerprint density at radius 3 is 2.76 bits per heavy atom. The van der Waals surface area contributed by atoms with Gasteiger partial charge in [0.2, 0.25) is 5.76 Å². The number of ether oxygens (including phenoxy) is 1. The van der Waals surface area contributed by atoms with Crippen LogP contribution in [0.25, 0.3) is 0 Å². The molecule has 0 saturated heterocycles. The molecule has 0 fully saturated rings. The highest BCUT2D eigenvalue weighted by Crippen LogP contribution is 2.19. The average Bonchev–Trinajstić information content (AvgIpc) is 2.76. The second-order valence-corrected chi connectivity index (χ2v) is 4.59. The quantitative estimate of drug-likeness (QED) is 0.786. The van der Waals surface area contributed by atoms with Crippen molar-refractivity contribution in [3.05, 3.63) is 23.7 Å². The number of esters is 1. The molecule has 96 valence electrons. The van der Waals surface area contributed by atoms with Gasteiger partial charge in [-0.25, -0.2) is 4.79 Å². The third-order valence-electron chi connectivity index (χ3n) is 2.95. The summed E-state index contributed by atoms with van der Waals surface area (Å²) in [5.74, 6) is -0.270. The van der Waals surface area contributed by atoms with Crippen LogP contribution in [0.2, 0.25) is 0 Å². The first-order valence-corrected chi connectivity index (χ1v) is 5.39. The Kier molecular flexibility index (Phi) is 4.31. The molecule has 17 heavy (non-hydrogen) atoms. The molecule has 5 heteroatoms. The van der Waals surface area contributed by atoms with Gasteiger partial charge in [0.25, 0.3) is 0 Å². The zero-order chi connectivity index (χ0) is 13.1. The molecule has 1 aromatic heterocycles. The summed E-state index contributed by atoms with van der Waals surface area (Å²) in [6.45, 7) is 4.39. The first-order valence-electron chi connectivity index (χ1n) is 5.39. The maximum atomic E-state index is 11.4. The summed E-state index contributed by atoms with van der Waals surface area (Å²) < 4.78 is 9.73. The summed E-state index contributed by atoms with van der Waals surface area (Å²) in [5, 5.41) is 9.26. The molecule has 0 unspecified atom stereocenters. The van der Waals surface area contributed by atoms with Gasteiger partial charge in [-0.15, -0.1) is 0 Å². The molecule has 0 atom stereocenters. The Labute approximate surface area is 101 Å². The van der Waals surface area contributed by atoms with E-state index < -0.39 is 5.97 Å². The number of carbonyl (C=O) groups excluding carboxylic acids is 1. The van der Waals surface area contributed by atoms with Crippen molar-refractivity contribution in [1.29, 1.82) is 0 Å². The number of rotatable bonds is 5. The smallest absolute Gasteiger partial charge is 0.374 e. The number of carbonyl (C=O) groups is 1. The number of nitrogens with zero attached hydrogens (tertiary/aromatic N) is 1. The number of methoxy groups -OCH3 is 1. The summed E-state index contributed by atoms with van der Waals surface area (Å²) in [5.41, 5.74) is 0.394. The molecule has 0 bridgehead atoms. The fourth-order valence-corrected chi connectivity index (χ4v) is 1.32. The molecule has 1 heterocycles. The molecule has 1 N–H and O–H groups in total. The molecular formula is C12H19NO4. The summed E-state index contributed by atoms with van der Waals surface area (Å²) >= 11 is 0. The van der Waals surface area contributed by atoms with E-state index in [0.29, 0.717) is 6.54 Å². The van der Waals surface area contributed by atoms with Gasteiger partial charge >= 0.3 is 5.97 Å². The Morgan fingerprint density at radius 1 is 1.59 bits per heavy atom. The van der Waals surface area contributed by atoms with Crippen molar-refractivity contribution in [3.8, 4) is 0 Å². The van der Waals surface area contributed by atoms with Crippen LogP contribution >= 0.6 is 0 Å². The van der Waals surface area contributed by atoms with Crippen molar-refractivity contribution < 1.29 is 19.1 Å². The maximum absolute atomic E-state index is 11.4. The van der Waals surface area contributed by atoms with Crippen LogP contribution in [0.3, 0.4) is 0 Å². The molecule has 1 rings (SSSR count). The second-order valence-electron chi connectivity index (χ2n) is 4.59. The van der Waals surface area contributed by atoms with Crippen LogP contribution in [0, 0.1) is 0 Å². The molecule has 1 aromatic rings. The lowest BCUT2D eigenvalue weighted by Gasteiger charge is -2.33. The van der Waals surface area contributed by atoms with Gasteiger partial charge in [-0.2, -0.15) is 0 Å². The van der Waals surface area contributed by atoms with E-state index in [1.807, 2.05) is 25.8 Å². The predicted molar refractivity (Wildman–Crippen MR) is 62.7 cm³/mol. The van der Waals surface area contributed by atoms with E-state index in [4.69, 9.17) is 4.42 Å². The largest absolute Gasteiger partial charge is 0.463 e. The van der Waals surface area contributed by atoms with Gasteiger partial charge in [0, 0.05) is 17.6 Å². The van der Waals surface area contributed by atoms with Gasteiger partial charge in [-0.3, -0.25) is 4.90 Å². The van der Waals surface area contributed by atoms with Crippen molar-refractivity contribution in [1.82, 2.24) is 4.90 Å². The van der Waals surface area contributed by atoms with E-state index in [9.17, 15) is 9.90 Å². The van der Waals surface area contributed by atoms with E-state index in [0.717, 1.165) is 5.56 Å². The summed E-state index contributed by atoms with van der Waals surface area (Å²) in [4.78, 5) is 13.4. The van der Waals surface area contributed by atoms with E-state index in [2.05, 4.69) is 4.74 Å². The molecule has 5 nitrogen and oxygen atoms in total. The minimum atomic E-state index is -0.486. The van der Waals surface area contributed by atoms with Crippen LogP contribution in [0.5, 0.6) is 0 Å². The SMILES string of the molecule is COC(=O)c1occc1CN(C)C(C)(C)CO. The third-order valence-corrected chi connectivity index (χ3v) is 2.95. The van der Waals surface area contributed by atoms with Crippen molar-refractivity contribution in [2.24, 2.45) is 0 Å². The maximum Gasteiger partial charge on any atom is 0.374 e. The van der Waals surface area contributed by atoms with Crippen LogP contribution in [0.4, 0.5) is 0 Å². The van der Waals surface area contributed by atoms with Crippen molar-refractivity contribution in [3.63, 3.8) is 0 Å². The number of aliphatic hydroxyl groups excluding tert-OH is 1. The van der Waals surface area contributed by atoms with Gasteiger partial charge < -0.3 is 14.3 Å². The normalized spacial score (nSPS) is 11.9. The van der Waals surface area contributed by atoms with Crippen molar-refractivity contribution >= 4 is 5.97 Å². The lowest BCUT2D eigenvalue weighted by atomic mass is 10.0. The Morgan fingerprint density at radius 2 is 2.24 bits per heavy atom. The molecule has 0 spiro atoms. The highest BCUT2D eigenvalue weighted by atomic mass is 16.5. The standard InChI is InChI=1S/C12H19NO4/c1-12(2,8-14)13(3)7-9-5-6-17-10(9)11(15)16-4/h5-6,14H,7-8H2,1-4H3. The number of aliphatic hydroxyl groups is 1. The van der Waals surface area contributed by atoms with Gasteiger partial charge in [0.15, 0.2) is 0 Å². The lowest BCUT2D eigenvalue weighted by molar-refractivity contribution is 0.0550. The Balaban J connectivity index is 2.82. The molecule has 0 aliphatic heterocycles. The topological polar surface area (TPSA) is 62.9 Å². The fourth-order valence-electron chi connectivity index (χ4n) is 1.32. The van der Waals surface area contributed by atoms with Crippen LogP contribution in [0.1, 0.15) is 30.0 Å². The average molecular weight is 241 g/mol. The zero-order valence-electron chi connectivity index (χ0n) is 10.7. The first kappa shape index (κ1) is 13.7. The number of hydrogen-bond acceptors (Lipinski definition) is 5. The highest BCUT2D eigenvalue weighted by molar-refractivity contribution is 5.87. The van der Waals surface area contributed by atoms with Gasteiger partial charge in [0.05, 0.1) is 20.0 Å². The zero-order valence-corrected chi connectivity index (χ0v) is 10.7. The number of furan rings is 1. The summed E-state index contributed by atoms with van der Waals surface area (Å²) in [7, 11) is 3.19. The number of hydrogen-bond donors (Lipinski definition) is 1. The Bertz CT molecular complexity index is 384. The molecular weight excluding hydrogens is 222 g/mol. The van der Waals surface area contributed by atoms with Crippen LogP contribution in [0.15, 0.2) is 16.7 Å². The summed E-state index contributed by atoms with van der Waals surface area (Å²) in [6, 6.07) is 1.73. The first-order chi connectivity index (χ1) is 7.92. The highest BCUT2D eigenvalue weighted by Gasteiger charge is 2.25. The van der Waals surface area contributed by atoms with Crippen LogP contribution < -0.4 is 0 Å². The molecule has 0 aromatic carbocycles.